The maximum absolute atomic E-state index is 13.0. The Kier molecular flexibility index (Phi) is 5.30. The van der Waals surface area contributed by atoms with Gasteiger partial charge in [0.05, 0.1) is 17.9 Å². The van der Waals surface area contributed by atoms with Crippen LogP contribution in [0.2, 0.25) is 0 Å². The summed E-state index contributed by atoms with van der Waals surface area (Å²) in [4.78, 5) is 28.9. The van der Waals surface area contributed by atoms with Gasteiger partial charge in [-0.15, -0.1) is 0 Å². The van der Waals surface area contributed by atoms with E-state index >= 15 is 0 Å². The first-order chi connectivity index (χ1) is 14.0. The van der Waals surface area contributed by atoms with Crippen molar-refractivity contribution in [2.75, 3.05) is 31.2 Å². The molecule has 0 saturated carbocycles. The fourth-order valence-electron chi connectivity index (χ4n) is 3.68. The number of rotatable bonds is 5. The number of nitrogens with zero attached hydrogens (tertiary/aromatic N) is 5. The molecule has 0 spiro atoms. The highest BCUT2D eigenvalue weighted by Crippen LogP contribution is 2.25. The van der Waals surface area contributed by atoms with Crippen molar-refractivity contribution < 1.29 is 14.1 Å². The van der Waals surface area contributed by atoms with Gasteiger partial charge >= 0.3 is 0 Å². The number of carbonyl (C=O) groups excluding carboxylic acids is 2. The molecule has 0 aliphatic carbocycles. The summed E-state index contributed by atoms with van der Waals surface area (Å²) in [5.74, 6) is 0.197. The molecule has 4 rings (SSSR count). The highest BCUT2D eigenvalue weighted by atomic mass is 16.5. The summed E-state index contributed by atoms with van der Waals surface area (Å²) < 4.78 is 5.27. The second-order valence-electron chi connectivity index (χ2n) is 7.35. The highest BCUT2D eigenvalue weighted by molar-refractivity contribution is 6.40. The van der Waals surface area contributed by atoms with Gasteiger partial charge in [0.15, 0.2) is 5.76 Å². The molecule has 2 amide bonds. The third-order valence-electron chi connectivity index (χ3n) is 5.22. The van der Waals surface area contributed by atoms with E-state index in [2.05, 4.69) is 15.2 Å². The second-order valence-corrected chi connectivity index (χ2v) is 7.35. The van der Waals surface area contributed by atoms with Crippen molar-refractivity contribution in [3.8, 4) is 0 Å². The molecule has 29 heavy (non-hydrogen) atoms. The fraction of sp³-hybridized carbons (Fsp3) is 0.400. The zero-order chi connectivity index (χ0) is 20.4. The molecule has 9 heteroatoms. The molecule has 2 aromatic rings. The Balaban J connectivity index is 1.40. The van der Waals surface area contributed by atoms with E-state index in [1.165, 1.54) is 0 Å². The lowest BCUT2D eigenvalue weighted by Crippen LogP contribution is -2.50. The van der Waals surface area contributed by atoms with E-state index in [9.17, 15) is 9.59 Å². The summed E-state index contributed by atoms with van der Waals surface area (Å²) in [6.45, 7) is 5.23. The Labute approximate surface area is 168 Å². The molecule has 2 aliphatic rings. The maximum Gasteiger partial charge on any atom is 0.270 e. The summed E-state index contributed by atoms with van der Waals surface area (Å²) in [5, 5.41) is 9.91. The van der Waals surface area contributed by atoms with Crippen molar-refractivity contribution in [2.45, 2.75) is 25.9 Å². The third kappa shape index (κ3) is 4.14. The predicted octanol–water partition coefficient (Wildman–Crippen LogP) is 0.747. The molecular formula is C20H24N6O3. The van der Waals surface area contributed by atoms with Gasteiger partial charge in [0.25, 0.3) is 5.91 Å². The Morgan fingerprint density at radius 3 is 2.52 bits per heavy atom. The number of primary amides is 1. The molecule has 1 aromatic heterocycles. The number of nitrogens with two attached hydrogens (primary N) is 1. The highest BCUT2D eigenvalue weighted by Gasteiger charge is 2.37. The Morgan fingerprint density at radius 1 is 1.17 bits per heavy atom. The molecule has 1 aromatic carbocycles. The van der Waals surface area contributed by atoms with Gasteiger partial charge in [0, 0.05) is 38.7 Å². The number of hydrogen-bond acceptors (Lipinski definition) is 7. The van der Waals surface area contributed by atoms with Gasteiger partial charge in [0.1, 0.15) is 11.8 Å². The average Bonchev–Trinajstić information content (AvgIpc) is 3.35. The number of aromatic nitrogens is 1. The van der Waals surface area contributed by atoms with Crippen LogP contribution in [0.15, 0.2) is 46.0 Å². The quantitative estimate of drug-likeness (QED) is 0.799. The zero-order valence-electron chi connectivity index (χ0n) is 16.3. The number of para-hydroxylation sites is 1. The van der Waals surface area contributed by atoms with E-state index in [0.29, 0.717) is 25.3 Å². The van der Waals surface area contributed by atoms with Gasteiger partial charge < -0.3 is 15.2 Å². The minimum absolute atomic E-state index is 0.134. The largest absolute Gasteiger partial charge is 0.368 e. The van der Waals surface area contributed by atoms with Crippen LogP contribution >= 0.6 is 0 Å². The number of piperazine rings is 1. The lowest BCUT2D eigenvalue weighted by atomic mass is 10.1. The van der Waals surface area contributed by atoms with Crippen LogP contribution in [0, 0.1) is 6.92 Å². The molecule has 3 heterocycles. The minimum Gasteiger partial charge on any atom is -0.368 e. The first-order valence-electron chi connectivity index (χ1n) is 9.66. The number of amides is 2. The van der Waals surface area contributed by atoms with Crippen molar-refractivity contribution in [1.82, 2.24) is 15.0 Å². The van der Waals surface area contributed by atoms with E-state index in [4.69, 9.17) is 10.3 Å². The molecule has 1 fully saturated rings. The maximum atomic E-state index is 13.0. The number of carbonyl (C=O) groups is 2. The average molecular weight is 396 g/mol. The van der Waals surface area contributed by atoms with E-state index in [1.807, 2.05) is 43.3 Å². The Morgan fingerprint density at radius 2 is 1.90 bits per heavy atom. The van der Waals surface area contributed by atoms with Gasteiger partial charge in [-0.3, -0.25) is 19.5 Å². The Bertz CT molecular complexity index is 917. The van der Waals surface area contributed by atoms with Crippen LogP contribution in [0.1, 0.15) is 17.9 Å². The summed E-state index contributed by atoms with van der Waals surface area (Å²) in [6.07, 6.45) is 0.223. The first-order valence-corrected chi connectivity index (χ1v) is 9.66. The van der Waals surface area contributed by atoms with Gasteiger partial charge in [-0.2, -0.15) is 5.10 Å². The molecule has 0 radical (unpaired) electrons. The second kappa shape index (κ2) is 8.04. The van der Waals surface area contributed by atoms with Gasteiger partial charge in [0.2, 0.25) is 5.91 Å². The van der Waals surface area contributed by atoms with Crippen molar-refractivity contribution in [3.63, 3.8) is 0 Å². The molecule has 9 nitrogen and oxygen atoms in total. The normalized spacial score (nSPS) is 20.0. The molecule has 2 aliphatic heterocycles. The summed E-state index contributed by atoms with van der Waals surface area (Å²) in [7, 11) is 0. The van der Waals surface area contributed by atoms with Crippen LogP contribution in [0.3, 0.4) is 0 Å². The molecule has 1 unspecified atom stereocenters. The third-order valence-corrected chi connectivity index (χ3v) is 5.22. The van der Waals surface area contributed by atoms with Crippen LogP contribution < -0.4 is 10.7 Å². The van der Waals surface area contributed by atoms with Crippen molar-refractivity contribution in [2.24, 2.45) is 10.8 Å². The van der Waals surface area contributed by atoms with Crippen LogP contribution in [0.25, 0.3) is 0 Å². The van der Waals surface area contributed by atoms with Crippen molar-refractivity contribution >= 4 is 23.2 Å². The number of benzene rings is 1. The van der Waals surface area contributed by atoms with E-state index in [0.717, 1.165) is 30.2 Å². The minimum atomic E-state index is -0.646. The lowest BCUT2D eigenvalue weighted by Gasteiger charge is -2.34. The molecule has 2 N–H and O–H groups in total. The predicted molar refractivity (Wildman–Crippen MR) is 107 cm³/mol. The van der Waals surface area contributed by atoms with Gasteiger partial charge in [-0.1, -0.05) is 23.4 Å². The number of anilines is 1. The summed E-state index contributed by atoms with van der Waals surface area (Å²) in [5.41, 5.74) is 7.54. The smallest absolute Gasteiger partial charge is 0.270 e. The molecule has 152 valence electrons. The van der Waals surface area contributed by atoms with Crippen molar-refractivity contribution in [3.05, 3.63) is 47.9 Å². The van der Waals surface area contributed by atoms with Crippen LogP contribution in [0.5, 0.6) is 0 Å². The zero-order valence-corrected chi connectivity index (χ0v) is 16.3. The summed E-state index contributed by atoms with van der Waals surface area (Å²) in [6, 6.07) is 10.6. The van der Waals surface area contributed by atoms with Crippen molar-refractivity contribution in [1.29, 1.82) is 0 Å². The van der Waals surface area contributed by atoms with Crippen LogP contribution in [0.4, 0.5) is 5.69 Å². The van der Waals surface area contributed by atoms with Crippen LogP contribution in [-0.4, -0.2) is 64.7 Å². The molecular weight excluding hydrogens is 372 g/mol. The Hall–Kier alpha value is -3.20. The number of hydrogen-bond donors (Lipinski definition) is 1. The standard InChI is InChI=1S/C20H24N6O3/c1-14-11-16(29-23-14)13-24-7-9-25(10-8-24)20(28)17-12-18(19(21)27)26(22-17)15-5-3-2-4-6-15/h2-6,11,18H,7-10,12-13H2,1H3,(H2,21,27). The van der Waals surface area contributed by atoms with E-state index in [-0.39, 0.29) is 12.3 Å². The number of aryl methyl sites for hydroxylation is 1. The number of hydrazone groups is 1. The molecule has 1 saturated heterocycles. The SMILES string of the molecule is Cc1cc(CN2CCN(C(=O)C3=NN(c4ccccc4)C(C(N)=O)C3)CC2)on1. The van der Waals surface area contributed by atoms with Gasteiger partial charge in [-0.25, -0.2) is 0 Å². The molecule has 0 bridgehead atoms. The van der Waals surface area contributed by atoms with Crippen LogP contribution in [-0.2, 0) is 16.1 Å². The topological polar surface area (TPSA) is 108 Å². The molecule has 1 atom stereocenters. The van der Waals surface area contributed by atoms with Gasteiger partial charge in [-0.05, 0) is 19.1 Å². The van der Waals surface area contributed by atoms with E-state index < -0.39 is 11.9 Å². The summed E-state index contributed by atoms with van der Waals surface area (Å²) >= 11 is 0. The van der Waals surface area contributed by atoms with E-state index in [1.54, 1.807) is 9.91 Å². The fourth-order valence-corrected chi connectivity index (χ4v) is 3.68. The first kappa shape index (κ1) is 19.1. The monoisotopic (exact) mass is 396 g/mol. The lowest BCUT2D eigenvalue weighted by molar-refractivity contribution is -0.125.